The minimum Gasteiger partial charge on any atom is -0.298 e. The fourth-order valence-corrected chi connectivity index (χ4v) is 1.74. The zero-order chi connectivity index (χ0) is 10.6. The minimum absolute atomic E-state index is 0.0473. The number of nitrogens with one attached hydrogen (secondary N) is 1. The molecule has 0 atom stereocenters. The maximum absolute atomic E-state index is 11.2. The summed E-state index contributed by atoms with van der Waals surface area (Å²) in [7, 11) is 0. The molecule has 0 saturated carbocycles. The van der Waals surface area contributed by atoms with Crippen LogP contribution in [0.4, 0.5) is 0 Å². The standard InChI is InChI=1S/C8H11ClN2O2S/c1-2-14-4-3-11-5-6(9)7(12)10-8(11)13/h5H,2-4H2,1H3,(H,10,12,13). The Balaban J connectivity index is 2.82. The molecule has 0 bridgehead atoms. The van der Waals surface area contributed by atoms with E-state index < -0.39 is 11.2 Å². The third kappa shape index (κ3) is 2.92. The van der Waals surface area contributed by atoms with E-state index in [9.17, 15) is 9.59 Å². The molecule has 1 aromatic heterocycles. The molecule has 0 saturated heterocycles. The van der Waals surface area contributed by atoms with Crippen LogP contribution in [0.5, 0.6) is 0 Å². The predicted octanol–water partition coefficient (Wildman–Crippen LogP) is 0.943. The summed E-state index contributed by atoms with van der Waals surface area (Å²) in [6.45, 7) is 2.61. The van der Waals surface area contributed by atoms with Crippen LogP contribution in [0.1, 0.15) is 6.92 Å². The van der Waals surface area contributed by atoms with E-state index in [2.05, 4.69) is 4.98 Å². The second kappa shape index (κ2) is 5.26. The summed E-state index contributed by atoms with van der Waals surface area (Å²) in [6, 6.07) is 0. The van der Waals surface area contributed by atoms with Gasteiger partial charge in [0.15, 0.2) is 0 Å². The highest BCUT2D eigenvalue weighted by atomic mass is 35.5. The Hall–Kier alpha value is -0.680. The fraction of sp³-hybridized carbons (Fsp3) is 0.500. The largest absolute Gasteiger partial charge is 0.328 e. The molecular formula is C8H11ClN2O2S. The van der Waals surface area contributed by atoms with Gasteiger partial charge in [-0.05, 0) is 5.75 Å². The molecule has 1 aromatic rings. The van der Waals surface area contributed by atoms with E-state index in [-0.39, 0.29) is 5.02 Å². The summed E-state index contributed by atoms with van der Waals surface area (Å²) in [5.41, 5.74) is -0.938. The van der Waals surface area contributed by atoms with Crippen LogP contribution in [0.2, 0.25) is 5.02 Å². The zero-order valence-corrected chi connectivity index (χ0v) is 9.32. The lowest BCUT2D eigenvalue weighted by atomic mass is 10.6. The van der Waals surface area contributed by atoms with E-state index >= 15 is 0 Å². The van der Waals surface area contributed by atoms with E-state index in [1.165, 1.54) is 10.8 Å². The van der Waals surface area contributed by atoms with Gasteiger partial charge in [0.1, 0.15) is 5.02 Å². The third-order valence-electron chi connectivity index (χ3n) is 1.65. The normalized spacial score (nSPS) is 10.4. The Morgan fingerprint density at radius 2 is 2.29 bits per heavy atom. The van der Waals surface area contributed by atoms with Gasteiger partial charge in [0.2, 0.25) is 0 Å². The number of aromatic nitrogens is 2. The van der Waals surface area contributed by atoms with Crippen molar-refractivity contribution in [2.75, 3.05) is 11.5 Å². The summed E-state index contributed by atoms with van der Waals surface area (Å²) in [6.07, 6.45) is 1.37. The number of rotatable bonds is 4. The Kier molecular flexibility index (Phi) is 4.28. The summed E-state index contributed by atoms with van der Waals surface area (Å²) in [5, 5.41) is 0.0473. The molecule has 1 heterocycles. The van der Waals surface area contributed by atoms with Crippen molar-refractivity contribution < 1.29 is 0 Å². The first kappa shape index (κ1) is 11.4. The van der Waals surface area contributed by atoms with Gasteiger partial charge >= 0.3 is 5.69 Å². The number of thioether (sulfide) groups is 1. The van der Waals surface area contributed by atoms with Gasteiger partial charge in [-0.25, -0.2) is 4.79 Å². The summed E-state index contributed by atoms with van der Waals surface area (Å²) in [4.78, 5) is 24.3. The maximum Gasteiger partial charge on any atom is 0.328 e. The number of aromatic amines is 1. The van der Waals surface area contributed by atoms with E-state index in [0.717, 1.165) is 11.5 Å². The zero-order valence-electron chi connectivity index (χ0n) is 7.75. The van der Waals surface area contributed by atoms with Crippen molar-refractivity contribution in [1.82, 2.24) is 9.55 Å². The van der Waals surface area contributed by atoms with Crippen LogP contribution in [-0.4, -0.2) is 21.1 Å². The highest BCUT2D eigenvalue weighted by molar-refractivity contribution is 7.99. The van der Waals surface area contributed by atoms with Crippen molar-refractivity contribution in [3.05, 3.63) is 32.1 Å². The van der Waals surface area contributed by atoms with Crippen molar-refractivity contribution in [3.63, 3.8) is 0 Å². The highest BCUT2D eigenvalue weighted by Gasteiger charge is 2.01. The van der Waals surface area contributed by atoms with E-state index in [4.69, 9.17) is 11.6 Å². The summed E-state index contributed by atoms with van der Waals surface area (Å²) < 4.78 is 1.41. The molecule has 78 valence electrons. The van der Waals surface area contributed by atoms with E-state index in [0.29, 0.717) is 6.54 Å². The Morgan fingerprint density at radius 1 is 1.57 bits per heavy atom. The lowest BCUT2D eigenvalue weighted by Crippen LogP contribution is -2.30. The van der Waals surface area contributed by atoms with Crippen LogP contribution in [0.3, 0.4) is 0 Å². The van der Waals surface area contributed by atoms with E-state index in [1.54, 1.807) is 11.8 Å². The predicted molar refractivity (Wildman–Crippen MR) is 59.3 cm³/mol. The van der Waals surface area contributed by atoms with Gasteiger partial charge in [0.25, 0.3) is 5.56 Å². The van der Waals surface area contributed by atoms with Gasteiger partial charge in [0.05, 0.1) is 0 Å². The van der Waals surface area contributed by atoms with Crippen LogP contribution in [0.25, 0.3) is 0 Å². The summed E-state index contributed by atoms with van der Waals surface area (Å²) in [5.74, 6) is 1.84. The van der Waals surface area contributed by atoms with Crippen LogP contribution < -0.4 is 11.2 Å². The van der Waals surface area contributed by atoms with Gasteiger partial charge < -0.3 is 0 Å². The molecule has 0 radical (unpaired) electrons. The lowest BCUT2D eigenvalue weighted by Gasteiger charge is -2.03. The minimum atomic E-state index is -0.531. The van der Waals surface area contributed by atoms with Gasteiger partial charge in [-0.1, -0.05) is 18.5 Å². The SMILES string of the molecule is CCSCCn1cc(Cl)c(=O)[nH]c1=O. The molecule has 4 nitrogen and oxygen atoms in total. The second-order valence-corrected chi connectivity index (χ2v) is 4.43. The number of nitrogens with zero attached hydrogens (tertiary/aromatic N) is 1. The molecule has 0 unspecified atom stereocenters. The van der Waals surface area contributed by atoms with Crippen LogP contribution in [-0.2, 0) is 6.54 Å². The van der Waals surface area contributed by atoms with Gasteiger partial charge in [-0.3, -0.25) is 14.3 Å². The van der Waals surface area contributed by atoms with Crippen LogP contribution in [0, 0.1) is 0 Å². The quantitative estimate of drug-likeness (QED) is 0.789. The molecule has 0 aliphatic rings. The fourth-order valence-electron chi connectivity index (χ4n) is 0.956. The molecule has 1 rings (SSSR count). The number of halogens is 1. The van der Waals surface area contributed by atoms with Crippen LogP contribution >= 0.6 is 23.4 Å². The number of hydrogen-bond donors (Lipinski definition) is 1. The third-order valence-corrected chi connectivity index (χ3v) is 2.80. The van der Waals surface area contributed by atoms with Gasteiger partial charge in [0, 0.05) is 18.5 Å². The van der Waals surface area contributed by atoms with Crippen molar-refractivity contribution >= 4 is 23.4 Å². The van der Waals surface area contributed by atoms with Crippen molar-refractivity contribution in [1.29, 1.82) is 0 Å². The molecule has 1 N–H and O–H groups in total. The molecule has 6 heteroatoms. The number of aryl methyl sites for hydroxylation is 1. The van der Waals surface area contributed by atoms with Crippen molar-refractivity contribution in [3.8, 4) is 0 Å². The Labute approximate surface area is 90.3 Å². The number of H-pyrrole nitrogens is 1. The molecular weight excluding hydrogens is 224 g/mol. The van der Waals surface area contributed by atoms with Crippen molar-refractivity contribution in [2.45, 2.75) is 13.5 Å². The molecule has 0 spiro atoms. The second-order valence-electron chi connectivity index (χ2n) is 2.63. The molecule has 0 aliphatic carbocycles. The first-order valence-corrected chi connectivity index (χ1v) is 5.75. The van der Waals surface area contributed by atoms with Gasteiger partial charge in [-0.2, -0.15) is 11.8 Å². The molecule has 0 aromatic carbocycles. The van der Waals surface area contributed by atoms with Crippen molar-refractivity contribution in [2.24, 2.45) is 0 Å². The monoisotopic (exact) mass is 234 g/mol. The Bertz CT molecular complexity index is 413. The number of hydrogen-bond acceptors (Lipinski definition) is 3. The smallest absolute Gasteiger partial charge is 0.298 e. The molecule has 0 aliphatic heterocycles. The summed E-state index contributed by atoms with van der Waals surface area (Å²) >= 11 is 7.32. The highest BCUT2D eigenvalue weighted by Crippen LogP contribution is 2.00. The molecule has 14 heavy (non-hydrogen) atoms. The average molecular weight is 235 g/mol. The first-order chi connectivity index (χ1) is 6.65. The maximum atomic E-state index is 11.2. The molecule has 0 fully saturated rings. The Morgan fingerprint density at radius 3 is 2.93 bits per heavy atom. The topological polar surface area (TPSA) is 54.9 Å². The van der Waals surface area contributed by atoms with E-state index in [1.807, 2.05) is 6.92 Å². The van der Waals surface area contributed by atoms with Gasteiger partial charge in [-0.15, -0.1) is 0 Å². The average Bonchev–Trinajstić information content (AvgIpc) is 2.14. The first-order valence-electron chi connectivity index (χ1n) is 4.22. The van der Waals surface area contributed by atoms with Crippen LogP contribution in [0.15, 0.2) is 15.8 Å². The lowest BCUT2D eigenvalue weighted by molar-refractivity contribution is 0.700. The molecule has 0 amide bonds.